The minimum absolute atomic E-state index is 0.717. The lowest BCUT2D eigenvalue weighted by molar-refractivity contribution is 0.306. The van der Waals surface area contributed by atoms with Crippen LogP contribution in [0.3, 0.4) is 0 Å². The van der Waals surface area contributed by atoms with Crippen molar-refractivity contribution in [3.05, 3.63) is 48.6 Å². The molecule has 0 fully saturated rings. The van der Waals surface area contributed by atoms with E-state index in [2.05, 4.69) is 18.7 Å². The number of hydrazine groups is 1. The molecule has 2 N–H and O–H groups in total. The minimum Gasteiger partial charge on any atom is -0.268 e. The summed E-state index contributed by atoms with van der Waals surface area (Å²) in [5, 5.41) is 1.72. The molecule has 12 heavy (non-hydrogen) atoms. The highest BCUT2D eigenvalue weighted by Crippen LogP contribution is 2.00. The van der Waals surface area contributed by atoms with E-state index in [9.17, 15) is 0 Å². The van der Waals surface area contributed by atoms with Gasteiger partial charge in [0.1, 0.15) is 0 Å². The maximum atomic E-state index is 5.68. The van der Waals surface area contributed by atoms with Crippen molar-refractivity contribution in [3.63, 3.8) is 0 Å². The molecule has 1 aromatic rings. The first-order valence-electron chi connectivity index (χ1n) is 3.97. The first-order chi connectivity index (χ1) is 5.83. The SMILES string of the molecule is C=CCN(N)Cc1ccccc1. The van der Waals surface area contributed by atoms with E-state index in [0.29, 0.717) is 0 Å². The summed E-state index contributed by atoms with van der Waals surface area (Å²) in [5.74, 6) is 5.68. The second-order valence-electron chi connectivity index (χ2n) is 2.70. The lowest BCUT2D eigenvalue weighted by Crippen LogP contribution is -2.30. The normalized spacial score (nSPS) is 10.2. The molecule has 1 aromatic carbocycles. The molecule has 0 aliphatic carbocycles. The number of hydrogen-bond donors (Lipinski definition) is 1. The molecular weight excluding hydrogens is 148 g/mol. The molecule has 0 atom stereocenters. The van der Waals surface area contributed by atoms with Crippen LogP contribution in [0.5, 0.6) is 0 Å². The van der Waals surface area contributed by atoms with Crippen LogP contribution in [0.2, 0.25) is 0 Å². The number of benzene rings is 1. The molecule has 0 aromatic heterocycles. The molecule has 0 unspecified atom stereocenters. The van der Waals surface area contributed by atoms with Crippen molar-refractivity contribution in [2.24, 2.45) is 5.84 Å². The number of nitrogens with two attached hydrogens (primary N) is 1. The largest absolute Gasteiger partial charge is 0.268 e. The summed E-state index contributed by atoms with van der Waals surface area (Å²) in [4.78, 5) is 0. The fourth-order valence-corrected chi connectivity index (χ4v) is 1.05. The summed E-state index contributed by atoms with van der Waals surface area (Å²) in [6, 6.07) is 10.1. The zero-order chi connectivity index (χ0) is 8.81. The lowest BCUT2D eigenvalue weighted by atomic mass is 10.2. The van der Waals surface area contributed by atoms with Gasteiger partial charge in [0.15, 0.2) is 0 Å². The molecule has 0 saturated carbocycles. The van der Waals surface area contributed by atoms with Crippen LogP contribution in [0.1, 0.15) is 5.56 Å². The predicted molar refractivity (Wildman–Crippen MR) is 51.2 cm³/mol. The van der Waals surface area contributed by atoms with Gasteiger partial charge in [-0.2, -0.15) is 0 Å². The smallest absolute Gasteiger partial charge is 0.0382 e. The molecule has 2 nitrogen and oxygen atoms in total. The van der Waals surface area contributed by atoms with Gasteiger partial charge >= 0.3 is 0 Å². The van der Waals surface area contributed by atoms with Gasteiger partial charge in [-0.05, 0) is 5.56 Å². The van der Waals surface area contributed by atoms with E-state index in [1.165, 1.54) is 5.56 Å². The maximum absolute atomic E-state index is 5.68. The van der Waals surface area contributed by atoms with E-state index in [4.69, 9.17) is 5.84 Å². The maximum Gasteiger partial charge on any atom is 0.0382 e. The van der Waals surface area contributed by atoms with Crippen molar-refractivity contribution in [2.75, 3.05) is 6.54 Å². The zero-order valence-corrected chi connectivity index (χ0v) is 7.11. The van der Waals surface area contributed by atoms with E-state index >= 15 is 0 Å². The number of hydrogen-bond acceptors (Lipinski definition) is 2. The Morgan fingerprint density at radius 1 is 1.33 bits per heavy atom. The van der Waals surface area contributed by atoms with Gasteiger partial charge in [-0.25, -0.2) is 5.01 Å². The Hall–Kier alpha value is -1.12. The van der Waals surface area contributed by atoms with Gasteiger partial charge in [0.25, 0.3) is 0 Å². The molecule has 0 bridgehead atoms. The average Bonchev–Trinajstić information content (AvgIpc) is 2.06. The molecule has 0 saturated heterocycles. The van der Waals surface area contributed by atoms with E-state index in [1.54, 1.807) is 11.1 Å². The van der Waals surface area contributed by atoms with Crippen LogP contribution < -0.4 is 5.84 Å². The topological polar surface area (TPSA) is 29.3 Å². The molecule has 0 aliphatic heterocycles. The zero-order valence-electron chi connectivity index (χ0n) is 7.11. The van der Waals surface area contributed by atoms with Crippen LogP contribution >= 0.6 is 0 Å². The molecule has 0 amide bonds. The molecular formula is C10H14N2. The highest BCUT2D eigenvalue weighted by molar-refractivity contribution is 5.14. The van der Waals surface area contributed by atoms with Crippen molar-refractivity contribution in [3.8, 4) is 0 Å². The Morgan fingerprint density at radius 3 is 2.58 bits per heavy atom. The van der Waals surface area contributed by atoms with Gasteiger partial charge in [-0.15, -0.1) is 6.58 Å². The van der Waals surface area contributed by atoms with Gasteiger partial charge in [0.05, 0.1) is 0 Å². The van der Waals surface area contributed by atoms with Crippen molar-refractivity contribution in [1.82, 2.24) is 5.01 Å². The summed E-state index contributed by atoms with van der Waals surface area (Å²) in [6.07, 6.45) is 1.79. The Labute approximate surface area is 73.3 Å². The standard InChI is InChI=1S/C10H14N2/c1-2-8-12(11)9-10-6-4-3-5-7-10/h2-7H,1,8-9,11H2. The summed E-state index contributed by atoms with van der Waals surface area (Å²) >= 11 is 0. The van der Waals surface area contributed by atoms with Crippen LogP contribution in [0.15, 0.2) is 43.0 Å². The molecule has 0 radical (unpaired) electrons. The Bertz CT molecular complexity index is 231. The number of nitrogens with zero attached hydrogens (tertiary/aromatic N) is 1. The van der Waals surface area contributed by atoms with Crippen molar-refractivity contribution in [2.45, 2.75) is 6.54 Å². The Kier molecular flexibility index (Phi) is 3.51. The molecule has 0 spiro atoms. The van der Waals surface area contributed by atoms with E-state index in [-0.39, 0.29) is 0 Å². The molecule has 1 rings (SSSR count). The first kappa shape index (κ1) is 8.97. The Morgan fingerprint density at radius 2 is 2.00 bits per heavy atom. The third-order valence-electron chi connectivity index (χ3n) is 1.59. The molecule has 2 heteroatoms. The van der Waals surface area contributed by atoms with Gasteiger partial charge in [0, 0.05) is 13.1 Å². The number of rotatable bonds is 4. The van der Waals surface area contributed by atoms with Crippen LogP contribution in [-0.4, -0.2) is 11.6 Å². The lowest BCUT2D eigenvalue weighted by Gasteiger charge is -2.13. The Balaban J connectivity index is 2.46. The summed E-state index contributed by atoms with van der Waals surface area (Å²) in [7, 11) is 0. The third kappa shape index (κ3) is 2.86. The quantitative estimate of drug-likeness (QED) is 0.413. The summed E-state index contributed by atoms with van der Waals surface area (Å²) < 4.78 is 0. The van der Waals surface area contributed by atoms with Gasteiger partial charge in [-0.1, -0.05) is 36.4 Å². The van der Waals surface area contributed by atoms with Gasteiger partial charge in [-0.3, -0.25) is 5.84 Å². The highest BCUT2D eigenvalue weighted by Gasteiger charge is 1.95. The highest BCUT2D eigenvalue weighted by atomic mass is 15.4. The molecule has 0 aliphatic rings. The van der Waals surface area contributed by atoms with Crippen molar-refractivity contribution in [1.29, 1.82) is 0 Å². The van der Waals surface area contributed by atoms with Crippen LogP contribution in [0, 0.1) is 0 Å². The van der Waals surface area contributed by atoms with Crippen molar-refractivity contribution >= 4 is 0 Å². The first-order valence-corrected chi connectivity index (χ1v) is 3.97. The fraction of sp³-hybridized carbons (Fsp3) is 0.200. The van der Waals surface area contributed by atoms with E-state index in [1.807, 2.05) is 18.2 Å². The molecule has 0 heterocycles. The average molecular weight is 162 g/mol. The van der Waals surface area contributed by atoms with Crippen molar-refractivity contribution < 1.29 is 0 Å². The third-order valence-corrected chi connectivity index (χ3v) is 1.59. The van der Waals surface area contributed by atoms with Crippen LogP contribution in [-0.2, 0) is 6.54 Å². The predicted octanol–water partition coefficient (Wildman–Crippen LogP) is 1.55. The van der Waals surface area contributed by atoms with Crippen LogP contribution in [0.25, 0.3) is 0 Å². The van der Waals surface area contributed by atoms with E-state index in [0.717, 1.165) is 13.1 Å². The fourth-order valence-electron chi connectivity index (χ4n) is 1.05. The minimum atomic E-state index is 0.717. The summed E-state index contributed by atoms with van der Waals surface area (Å²) in [6.45, 7) is 5.11. The second kappa shape index (κ2) is 4.70. The van der Waals surface area contributed by atoms with E-state index < -0.39 is 0 Å². The van der Waals surface area contributed by atoms with Gasteiger partial charge in [0.2, 0.25) is 0 Å². The molecule has 64 valence electrons. The monoisotopic (exact) mass is 162 g/mol. The van der Waals surface area contributed by atoms with Gasteiger partial charge < -0.3 is 0 Å². The summed E-state index contributed by atoms with van der Waals surface area (Å²) in [5.41, 5.74) is 1.22. The van der Waals surface area contributed by atoms with Crippen LogP contribution in [0.4, 0.5) is 0 Å². The second-order valence-corrected chi connectivity index (χ2v) is 2.70.